The summed E-state index contributed by atoms with van der Waals surface area (Å²) in [4.78, 5) is 1.16. The number of thiophene rings is 1. The minimum absolute atomic E-state index is 0.276. The van der Waals surface area contributed by atoms with E-state index < -0.39 is 10.0 Å². The monoisotopic (exact) mass is 407 g/mol. The lowest BCUT2D eigenvalue weighted by atomic mass is 10.2. The van der Waals surface area contributed by atoms with Gasteiger partial charge in [0.2, 0.25) is 10.0 Å². The second-order valence-electron chi connectivity index (χ2n) is 5.77. The number of hydrogen-bond donors (Lipinski definition) is 1. The first-order valence-electron chi connectivity index (χ1n) is 8.27. The van der Waals surface area contributed by atoms with Crippen molar-refractivity contribution in [3.8, 4) is 11.3 Å². The van der Waals surface area contributed by atoms with Crippen LogP contribution in [0, 0.1) is 0 Å². The van der Waals surface area contributed by atoms with Gasteiger partial charge in [0.15, 0.2) is 0 Å². The van der Waals surface area contributed by atoms with E-state index in [0.29, 0.717) is 4.21 Å². The molecule has 0 fully saturated rings. The van der Waals surface area contributed by atoms with Crippen LogP contribution < -0.4 is 4.72 Å². The van der Waals surface area contributed by atoms with Crippen molar-refractivity contribution >= 4 is 33.1 Å². The number of benzene rings is 1. The normalized spacial score (nSPS) is 11.8. The van der Waals surface area contributed by atoms with Gasteiger partial charge in [-0.15, -0.1) is 23.1 Å². The number of sulfonamides is 1. The summed E-state index contributed by atoms with van der Waals surface area (Å²) < 4.78 is 30.1. The van der Waals surface area contributed by atoms with E-state index in [4.69, 9.17) is 0 Å². The molecular formula is C18H21N3O2S3. The van der Waals surface area contributed by atoms with Crippen molar-refractivity contribution in [3.63, 3.8) is 0 Å². The highest BCUT2D eigenvalue weighted by atomic mass is 32.2. The topological polar surface area (TPSA) is 64.0 Å². The third-order valence-corrected chi connectivity index (χ3v) is 7.50. The summed E-state index contributed by atoms with van der Waals surface area (Å²) in [5, 5.41) is 6.16. The Bertz CT molecular complexity index is 960. The fourth-order valence-corrected chi connectivity index (χ4v) is 5.20. The smallest absolute Gasteiger partial charge is 0.250 e. The predicted molar refractivity (Wildman–Crippen MR) is 108 cm³/mol. The molecule has 0 aliphatic carbocycles. The molecule has 1 aromatic carbocycles. The minimum Gasteiger partial charge on any atom is -0.265 e. The van der Waals surface area contributed by atoms with Crippen LogP contribution in [0.3, 0.4) is 0 Å². The highest BCUT2D eigenvalue weighted by Crippen LogP contribution is 2.28. The van der Waals surface area contributed by atoms with E-state index in [-0.39, 0.29) is 6.54 Å². The molecule has 0 saturated carbocycles. The quantitative estimate of drug-likeness (QED) is 0.568. The predicted octanol–water partition coefficient (Wildman–Crippen LogP) is 4.22. The summed E-state index contributed by atoms with van der Waals surface area (Å²) in [6.45, 7) is 3.17. The molecule has 5 nitrogen and oxygen atoms in total. The zero-order valence-electron chi connectivity index (χ0n) is 14.7. The molecular weight excluding hydrogens is 386 g/mol. The number of thioether (sulfide) groups is 1. The van der Waals surface area contributed by atoms with Crippen molar-refractivity contribution in [3.05, 3.63) is 53.5 Å². The molecule has 2 aromatic heterocycles. The van der Waals surface area contributed by atoms with Crippen LogP contribution in [-0.4, -0.2) is 24.5 Å². The van der Waals surface area contributed by atoms with Crippen LogP contribution >= 0.6 is 23.1 Å². The maximum atomic E-state index is 12.6. The van der Waals surface area contributed by atoms with Crippen molar-refractivity contribution in [1.82, 2.24) is 14.5 Å². The lowest BCUT2D eigenvalue weighted by molar-refractivity contribution is 0.583. The number of aryl methyl sites for hydroxylation is 1. The highest BCUT2D eigenvalue weighted by Gasteiger charge is 2.18. The van der Waals surface area contributed by atoms with E-state index in [1.165, 1.54) is 11.3 Å². The molecule has 0 aliphatic rings. The Morgan fingerprint density at radius 2 is 2.00 bits per heavy atom. The largest absolute Gasteiger partial charge is 0.265 e. The molecule has 0 saturated heterocycles. The zero-order chi connectivity index (χ0) is 18.6. The van der Waals surface area contributed by atoms with E-state index in [9.17, 15) is 8.42 Å². The lowest BCUT2D eigenvalue weighted by Crippen LogP contribution is -2.22. The fourth-order valence-electron chi connectivity index (χ4n) is 2.55. The van der Waals surface area contributed by atoms with Crippen LogP contribution in [0.15, 0.2) is 57.1 Å². The number of nitrogens with zero attached hydrogens (tertiary/aromatic N) is 2. The van der Waals surface area contributed by atoms with E-state index in [1.54, 1.807) is 24.0 Å². The van der Waals surface area contributed by atoms with Crippen LogP contribution in [0.4, 0.5) is 0 Å². The second-order valence-corrected chi connectivity index (χ2v) is 9.55. The Morgan fingerprint density at radius 1 is 1.23 bits per heavy atom. The van der Waals surface area contributed by atoms with Gasteiger partial charge in [0.25, 0.3) is 0 Å². The summed E-state index contributed by atoms with van der Waals surface area (Å²) in [7, 11) is -3.54. The Hall–Kier alpha value is -1.61. The Morgan fingerprint density at radius 3 is 2.69 bits per heavy atom. The standard InChI is InChI=1S/C18H21N3O2S3/c1-3-10-21-17(8-9-19-21)15-11-18(25-13-15)26(22,23)20-12-14-4-6-16(24-2)7-5-14/h4-9,11,13,20H,3,10,12H2,1-2H3. The van der Waals surface area contributed by atoms with Crippen LogP contribution in [0.1, 0.15) is 18.9 Å². The van der Waals surface area contributed by atoms with E-state index >= 15 is 0 Å². The third kappa shape index (κ3) is 4.37. The average molecular weight is 408 g/mol. The van der Waals surface area contributed by atoms with Crippen molar-refractivity contribution in [1.29, 1.82) is 0 Å². The number of aromatic nitrogens is 2. The molecule has 2 heterocycles. The van der Waals surface area contributed by atoms with Gasteiger partial charge in [0.05, 0.1) is 5.69 Å². The summed E-state index contributed by atoms with van der Waals surface area (Å²) in [5.74, 6) is 0. The molecule has 0 bridgehead atoms. The van der Waals surface area contributed by atoms with Gasteiger partial charge in [-0.1, -0.05) is 19.1 Å². The van der Waals surface area contributed by atoms with Gasteiger partial charge >= 0.3 is 0 Å². The van der Waals surface area contributed by atoms with Crippen LogP contribution in [0.2, 0.25) is 0 Å². The van der Waals surface area contributed by atoms with Crippen LogP contribution in [-0.2, 0) is 23.1 Å². The minimum atomic E-state index is -3.54. The maximum absolute atomic E-state index is 12.6. The second kappa shape index (κ2) is 8.39. The summed E-state index contributed by atoms with van der Waals surface area (Å²) in [5.41, 5.74) is 2.76. The molecule has 26 heavy (non-hydrogen) atoms. The number of hydrogen-bond acceptors (Lipinski definition) is 5. The average Bonchev–Trinajstić information content (AvgIpc) is 3.30. The molecule has 3 rings (SSSR count). The van der Waals surface area contributed by atoms with Crippen LogP contribution in [0.25, 0.3) is 11.3 Å². The van der Waals surface area contributed by atoms with Gasteiger partial charge in [-0.05, 0) is 42.5 Å². The van der Waals surface area contributed by atoms with Crippen molar-refractivity contribution in [2.24, 2.45) is 0 Å². The fraction of sp³-hybridized carbons (Fsp3) is 0.278. The van der Waals surface area contributed by atoms with Gasteiger partial charge in [0.1, 0.15) is 4.21 Å². The lowest BCUT2D eigenvalue weighted by Gasteiger charge is -2.06. The van der Waals surface area contributed by atoms with Gasteiger partial charge in [-0.2, -0.15) is 5.10 Å². The summed E-state index contributed by atoms with van der Waals surface area (Å²) in [6.07, 6.45) is 4.73. The molecule has 0 aliphatic heterocycles. The van der Waals surface area contributed by atoms with Gasteiger partial charge in [-0.25, -0.2) is 13.1 Å². The SMILES string of the molecule is CCCn1nccc1-c1csc(S(=O)(=O)NCc2ccc(SC)cc2)c1. The first-order chi connectivity index (χ1) is 12.5. The Kier molecular flexibility index (Phi) is 6.18. The molecule has 138 valence electrons. The first-order valence-corrected chi connectivity index (χ1v) is 11.9. The molecule has 8 heteroatoms. The van der Waals surface area contributed by atoms with Crippen molar-refractivity contribution in [2.45, 2.75) is 35.5 Å². The Balaban J connectivity index is 1.73. The molecule has 1 N–H and O–H groups in total. The molecule has 0 spiro atoms. The van der Waals surface area contributed by atoms with Gasteiger partial charge < -0.3 is 0 Å². The van der Waals surface area contributed by atoms with Gasteiger partial charge in [-0.3, -0.25) is 4.68 Å². The molecule has 3 aromatic rings. The highest BCUT2D eigenvalue weighted by molar-refractivity contribution is 7.98. The van der Waals surface area contributed by atoms with E-state index in [0.717, 1.165) is 34.7 Å². The third-order valence-electron chi connectivity index (χ3n) is 3.91. The summed E-state index contributed by atoms with van der Waals surface area (Å²) in [6, 6.07) is 11.5. The molecule has 0 atom stereocenters. The number of rotatable bonds is 8. The zero-order valence-corrected chi connectivity index (χ0v) is 17.1. The molecule has 0 radical (unpaired) electrons. The Labute approximate surface area is 162 Å². The first kappa shape index (κ1) is 19.2. The molecule has 0 unspecified atom stereocenters. The van der Waals surface area contributed by atoms with E-state index in [1.807, 2.05) is 46.6 Å². The van der Waals surface area contributed by atoms with Gasteiger partial charge in [0, 0.05) is 35.1 Å². The van der Waals surface area contributed by atoms with Crippen molar-refractivity contribution in [2.75, 3.05) is 6.26 Å². The number of nitrogens with one attached hydrogen (secondary N) is 1. The molecule has 0 amide bonds. The summed E-state index contributed by atoms with van der Waals surface area (Å²) >= 11 is 2.89. The van der Waals surface area contributed by atoms with Crippen molar-refractivity contribution < 1.29 is 8.42 Å². The van der Waals surface area contributed by atoms with Crippen LogP contribution in [0.5, 0.6) is 0 Å². The maximum Gasteiger partial charge on any atom is 0.250 e. The van der Waals surface area contributed by atoms with E-state index in [2.05, 4.69) is 16.7 Å².